The molecular formula is C35H36N2. The molecule has 2 aromatic heterocycles. The number of allylic oxidation sites excluding steroid dienone is 1. The zero-order valence-corrected chi connectivity index (χ0v) is 22.5. The lowest BCUT2D eigenvalue weighted by atomic mass is 10.00. The molecule has 0 aliphatic heterocycles. The Morgan fingerprint density at radius 1 is 0.595 bits per heavy atom. The average Bonchev–Trinajstić information content (AvgIpc) is 3.35. The molecule has 6 aromatic rings. The average molecular weight is 485 g/mol. The maximum atomic E-state index is 3.95. The van der Waals surface area contributed by atoms with E-state index < -0.39 is 0 Å². The van der Waals surface area contributed by atoms with Crippen LogP contribution in [0.3, 0.4) is 0 Å². The summed E-state index contributed by atoms with van der Waals surface area (Å²) in [7, 11) is 0. The first-order valence-electron chi connectivity index (χ1n) is 13.6. The normalized spacial score (nSPS) is 12.2. The highest BCUT2D eigenvalue weighted by molar-refractivity contribution is 6.11. The summed E-state index contributed by atoms with van der Waals surface area (Å²) < 4.78 is 4.99. The first kappa shape index (κ1) is 23.6. The van der Waals surface area contributed by atoms with Gasteiger partial charge in [-0.1, -0.05) is 70.2 Å². The lowest BCUT2D eigenvalue weighted by molar-refractivity contribution is 0.545. The first-order valence-corrected chi connectivity index (χ1v) is 13.6. The van der Waals surface area contributed by atoms with Crippen molar-refractivity contribution in [3.8, 4) is 11.1 Å². The maximum Gasteiger partial charge on any atom is 0.0491 e. The SMILES string of the molecule is C=CCc1ccc2c(c1)c1cc(-c3ccc4c(c3)c3ccccc3n4CC(C)C)ccc1n2CC(C)C. The largest absolute Gasteiger partial charge is 0.340 e. The van der Waals surface area contributed by atoms with Crippen molar-refractivity contribution in [2.45, 2.75) is 47.2 Å². The summed E-state index contributed by atoms with van der Waals surface area (Å²) in [5.41, 5.74) is 9.14. The Morgan fingerprint density at radius 2 is 1.08 bits per heavy atom. The summed E-state index contributed by atoms with van der Waals surface area (Å²) >= 11 is 0. The second-order valence-corrected chi connectivity index (χ2v) is 11.3. The second-order valence-electron chi connectivity index (χ2n) is 11.3. The number of hydrogen-bond acceptors (Lipinski definition) is 0. The molecule has 6 rings (SSSR count). The van der Waals surface area contributed by atoms with Crippen molar-refractivity contribution in [3.63, 3.8) is 0 Å². The van der Waals surface area contributed by atoms with Crippen LogP contribution in [0.2, 0.25) is 0 Å². The molecule has 0 N–H and O–H groups in total. The minimum atomic E-state index is 0.580. The number of nitrogens with zero attached hydrogens (tertiary/aromatic N) is 2. The number of benzene rings is 4. The highest BCUT2D eigenvalue weighted by atomic mass is 15.0. The molecule has 0 unspecified atom stereocenters. The van der Waals surface area contributed by atoms with Crippen molar-refractivity contribution in [3.05, 3.63) is 97.1 Å². The fourth-order valence-electron chi connectivity index (χ4n) is 5.98. The predicted octanol–water partition coefficient (Wildman–Crippen LogP) is 9.61. The van der Waals surface area contributed by atoms with Crippen LogP contribution in [0.5, 0.6) is 0 Å². The van der Waals surface area contributed by atoms with E-state index in [4.69, 9.17) is 0 Å². The lowest BCUT2D eigenvalue weighted by Gasteiger charge is -2.11. The minimum absolute atomic E-state index is 0.580. The molecule has 0 spiro atoms. The summed E-state index contributed by atoms with van der Waals surface area (Å²) in [4.78, 5) is 0. The number of fused-ring (bicyclic) bond motifs is 6. The molecule has 0 aliphatic carbocycles. The van der Waals surface area contributed by atoms with Gasteiger partial charge in [-0.05, 0) is 77.4 Å². The molecule has 2 heterocycles. The fourth-order valence-corrected chi connectivity index (χ4v) is 5.98. The molecule has 0 amide bonds. The van der Waals surface area contributed by atoms with Crippen LogP contribution in [0.4, 0.5) is 0 Å². The molecular weight excluding hydrogens is 448 g/mol. The molecule has 0 saturated carbocycles. The van der Waals surface area contributed by atoms with E-state index in [1.54, 1.807) is 0 Å². The van der Waals surface area contributed by atoms with E-state index in [1.807, 2.05) is 6.08 Å². The Kier molecular flexibility index (Phi) is 5.91. The smallest absolute Gasteiger partial charge is 0.0491 e. The van der Waals surface area contributed by atoms with Crippen LogP contribution in [-0.4, -0.2) is 9.13 Å². The van der Waals surface area contributed by atoms with E-state index in [0.29, 0.717) is 11.8 Å². The molecule has 0 bridgehead atoms. The van der Waals surface area contributed by atoms with Crippen molar-refractivity contribution in [1.29, 1.82) is 0 Å². The van der Waals surface area contributed by atoms with E-state index in [2.05, 4.69) is 122 Å². The van der Waals surface area contributed by atoms with E-state index in [9.17, 15) is 0 Å². The van der Waals surface area contributed by atoms with E-state index in [0.717, 1.165) is 19.5 Å². The Bertz CT molecular complexity index is 1770. The summed E-state index contributed by atoms with van der Waals surface area (Å²) in [5.74, 6) is 1.17. The van der Waals surface area contributed by atoms with Gasteiger partial charge in [0.05, 0.1) is 0 Å². The van der Waals surface area contributed by atoms with Crippen molar-refractivity contribution in [2.24, 2.45) is 11.8 Å². The fraction of sp³-hybridized carbons (Fsp3) is 0.257. The molecule has 2 heteroatoms. The summed E-state index contributed by atoms with van der Waals surface area (Å²) in [6, 6.07) is 29.8. The third kappa shape index (κ3) is 4.05. The quantitative estimate of drug-likeness (QED) is 0.200. The highest BCUT2D eigenvalue weighted by Crippen LogP contribution is 2.37. The standard InChI is InChI=1S/C35H36N2/c1-6-9-25-12-15-33-29(18-25)31-20-27(14-17-35(31)37(33)22-24(4)5)26-13-16-34-30(19-26)28-10-7-8-11-32(28)36(34)21-23(2)3/h6-8,10-20,23-24H,1,9,21-22H2,2-5H3. The van der Waals surface area contributed by atoms with Crippen molar-refractivity contribution in [1.82, 2.24) is 9.13 Å². The number of aromatic nitrogens is 2. The van der Waals surface area contributed by atoms with Crippen LogP contribution in [-0.2, 0) is 19.5 Å². The van der Waals surface area contributed by atoms with Gasteiger partial charge in [0.15, 0.2) is 0 Å². The van der Waals surface area contributed by atoms with Gasteiger partial charge in [-0.3, -0.25) is 0 Å². The maximum absolute atomic E-state index is 3.95. The Morgan fingerprint density at radius 3 is 1.65 bits per heavy atom. The molecule has 4 aromatic carbocycles. The summed E-state index contributed by atoms with van der Waals surface area (Å²) in [5, 5.41) is 5.35. The van der Waals surface area contributed by atoms with E-state index in [-0.39, 0.29) is 0 Å². The molecule has 0 atom stereocenters. The van der Waals surface area contributed by atoms with Crippen molar-refractivity contribution in [2.75, 3.05) is 0 Å². The van der Waals surface area contributed by atoms with Crippen LogP contribution in [0.15, 0.2) is 91.5 Å². The number of rotatable bonds is 7. The zero-order chi connectivity index (χ0) is 25.7. The monoisotopic (exact) mass is 484 g/mol. The molecule has 0 radical (unpaired) electrons. The van der Waals surface area contributed by atoms with Gasteiger partial charge in [0.2, 0.25) is 0 Å². The minimum Gasteiger partial charge on any atom is -0.340 e. The molecule has 0 saturated heterocycles. The lowest BCUT2D eigenvalue weighted by Crippen LogP contribution is -2.03. The Hall–Kier alpha value is -3.78. The summed E-state index contributed by atoms with van der Waals surface area (Å²) in [6.45, 7) is 15.2. The topological polar surface area (TPSA) is 9.86 Å². The van der Waals surface area contributed by atoms with Gasteiger partial charge in [-0.25, -0.2) is 0 Å². The molecule has 186 valence electrons. The predicted molar refractivity (Wildman–Crippen MR) is 161 cm³/mol. The van der Waals surface area contributed by atoms with Gasteiger partial charge in [0, 0.05) is 56.7 Å². The van der Waals surface area contributed by atoms with Gasteiger partial charge in [-0.15, -0.1) is 6.58 Å². The number of para-hydroxylation sites is 1. The van der Waals surface area contributed by atoms with Gasteiger partial charge in [-0.2, -0.15) is 0 Å². The Balaban J connectivity index is 1.56. The third-order valence-corrected chi connectivity index (χ3v) is 7.51. The van der Waals surface area contributed by atoms with Crippen molar-refractivity contribution >= 4 is 43.6 Å². The zero-order valence-electron chi connectivity index (χ0n) is 22.5. The van der Waals surface area contributed by atoms with E-state index in [1.165, 1.54) is 60.3 Å². The number of hydrogen-bond donors (Lipinski definition) is 0. The van der Waals surface area contributed by atoms with Gasteiger partial charge >= 0.3 is 0 Å². The summed E-state index contributed by atoms with van der Waals surface area (Å²) in [6.07, 6.45) is 2.88. The first-order chi connectivity index (χ1) is 17.9. The molecule has 37 heavy (non-hydrogen) atoms. The third-order valence-electron chi connectivity index (χ3n) is 7.51. The van der Waals surface area contributed by atoms with Gasteiger partial charge in [0.1, 0.15) is 0 Å². The Labute approximate surface area is 219 Å². The second kappa shape index (κ2) is 9.27. The van der Waals surface area contributed by atoms with Crippen molar-refractivity contribution < 1.29 is 0 Å². The van der Waals surface area contributed by atoms with Crippen LogP contribution >= 0.6 is 0 Å². The van der Waals surface area contributed by atoms with Crippen LogP contribution < -0.4 is 0 Å². The highest BCUT2D eigenvalue weighted by Gasteiger charge is 2.15. The van der Waals surface area contributed by atoms with E-state index >= 15 is 0 Å². The van der Waals surface area contributed by atoms with Crippen LogP contribution in [0.1, 0.15) is 33.3 Å². The van der Waals surface area contributed by atoms with Gasteiger partial charge in [0.25, 0.3) is 0 Å². The van der Waals surface area contributed by atoms with Gasteiger partial charge < -0.3 is 9.13 Å². The molecule has 0 fully saturated rings. The van der Waals surface area contributed by atoms with Crippen LogP contribution in [0, 0.1) is 11.8 Å². The van der Waals surface area contributed by atoms with Crippen LogP contribution in [0.25, 0.3) is 54.7 Å². The molecule has 0 aliphatic rings. The molecule has 2 nitrogen and oxygen atoms in total.